The van der Waals surface area contributed by atoms with Gasteiger partial charge in [0.1, 0.15) is 11.6 Å². The van der Waals surface area contributed by atoms with E-state index >= 15 is 0 Å². The standard InChI is InChI=1S/C20H15N5OS/c26-19(24-17-5-1-3-11-21-17)15-9-7-14(8-10-15)16-13-27-20(23-16)25-18-6-2-4-12-22-18/h1-13H,(H,21,24,26)(H,22,23,25). The van der Waals surface area contributed by atoms with E-state index in [9.17, 15) is 4.79 Å². The quantitative estimate of drug-likeness (QED) is 0.535. The summed E-state index contributed by atoms with van der Waals surface area (Å²) in [5.74, 6) is 1.08. The van der Waals surface area contributed by atoms with Crippen LogP contribution in [0.1, 0.15) is 10.4 Å². The first-order chi connectivity index (χ1) is 13.3. The molecule has 7 heteroatoms. The van der Waals surface area contributed by atoms with Crippen molar-refractivity contribution < 1.29 is 4.79 Å². The molecular weight excluding hydrogens is 358 g/mol. The van der Waals surface area contributed by atoms with Crippen LogP contribution in [-0.2, 0) is 0 Å². The number of hydrogen-bond acceptors (Lipinski definition) is 6. The molecule has 0 aliphatic rings. The highest BCUT2D eigenvalue weighted by Crippen LogP contribution is 2.26. The summed E-state index contributed by atoms with van der Waals surface area (Å²) < 4.78 is 0. The van der Waals surface area contributed by atoms with Crippen LogP contribution in [0.5, 0.6) is 0 Å². The Labute approximate surface area is 160 Å². The highest BCUT2D eigenvalue weighted by Gasteiger charge is 2.09. The maximum atomic E-state index is 12.3. The molecule has 0 aliphatic heterocycles. The molecule has 0 unspecified atom stereocenters. The lowest BCUT2D eigenvalue weighted by atomic mass is 10.1. The first kappa shape index (κ1) is 16.9. The molecular formula is C20H15N5OS. The van der Waals surface area contributed by atoms with Crippen molar-refractivity contribution >= 4 is 34.0 Å². The lowest BCUT2D eigenvalue weighted by Gasteiger charge is -2.05. The maximum absolute atomic E-state index is 12.3. The molecule has 0 radical (unpaired) electrons. The van der Waals surface area contributed by atoms with Gasteiger partial charge in [-0.2, -0.15) is 0 Å². The lowest BCUT2D eigenvalue weighted by Crippen LogP contribution is -2.12. The molecule has 0 aliphatic carbocycles. The molecule has 4 rings (SSSR count). The van der Waals surface area contributed by atoms with Crippen molar-refractivity contribution in [3.05, 3.63) is 84.0 Å². The summed E-state index contributed by atoms with van der Waals surface area (Å²) in [5.41, 5.74) is 2.34. The van der Waals surface area contributed by atoms with E-state index in [1.807, 2.05) is 41.8 Å². The molecule has 132 valence electrons. The zero-order valence-corrected chi connectivity index (χ0v) is 15.0. The third kappa shape index (κ3) is 4.16. The summed E-state index contributed by atoms with van der Waals surface area (Å²) in [4.78, 5) is 25.2. The minimum atomic E-state index is -0.198. The van der Waals surface area contributed by atoms with Crippen molar-refractivity contribution in [3.8, 4) is 11.3 Å². The fraction of sp³-hybridized carbons (Fsp3) is 0. The average molecular weight is 373 g/mol. The van der Waals surface area contributed by atoms with Crippen molar-refractivity contribution in [1.82, 2.24) is 15.0 Å². The van der Waals surface area contributed by atoms with Crippen LogP contribution in [0.3, 0.4) is 0 Å². The number of carbonyl (C=O) groups is 1. The normalized spacial score (nSPS) is 10.4. The van der Waals surface area contributed by atoms with Crippen LogP contribution in [0.25, 0.3) is 11.3 Å². The van der Waals surface area contributed by atoms with Gasteiger partial charge in [0.25, 0.3) is 5.91 Å². The number of anilines is 3. The smallest absolute Gasteiger partial charge is 0.256 e. The second-order valence-electron chi connectivity index (χ2n) is 5.62. The number of carbonyl (C=O) groups excluding carboxylic acids is 1. The first-order valence-corrected chi connectivity index (χ1v) is 9.12. The Bertz CT molecular complexity index is 1030. The van der Waals surface area contributed by atoms with Crippen molar-refractivity contribution in [1.29, 1.82) is 0 Å². The van der Waals surface area contributed by atoms with Crippen molar-refractivity contribution in [2.24, 2.45) is 0 Å². The van der Waals surface area contributed by atoms with Gasteiger partial charge in [-0.15, -0.1) is 11.3 Å². The highest BCUT2D eigenvalue weighted by atomic mass is 32.1. The van der Waals surface area contributed by atoms with Crippen LogP contribution in [0.15, 0.2) is 78.4 Å². The number of amides is 1. The molecule has 0 bridgehead atoms. The molecule has 6 nitrogen and oxygen atoms in total. The number of pyridine rings is 2. The number of nitrogens with zero attached hydrogens (tertiary/aromatic N) is 3. The number of aromatic nitrogens is 3. The second-order valence-corrected chi connectivity index (χ2v) is 6.48. The molecule has 0 saturated heterocycles. The summed E-state index contributed by atoms with van der Waals surface area (Å²) in [6.45, 7) is 0. The molecule has 3 aromatic heterocycles. The van der Waals surface area contributed by atoms with Gasteiger partial charge in [-0.3, -0.25) is 4.79 Å². The number of rotatable bonds is 5. The van der Waals surface area contributed by atoms with E-state index in [0.717, 1.165) is 22.2 Å². The highest BCUT2D eigenvalue weighted by molar-refractivity contribution is 7.14. The molecule has 3 heterocycles. The fourth-order valence-electron chi connectivity index (χ4n) is 2.43. The van der Waals surface area contributed by atoms with Gasteiger partial charge >= 0.3 is 0 Å². The van der Waals surface area contributed by atoms with Gasteiger partial charge in [-0.1, -0.05) is 24.3 Å². The molecule has 0 saturated carbocycles. The van der Waals surface area contributed by atoms with Gasteiger partial charge in [-0.25, -0.2) is 15.0 Å². The number of hydrogen-bond donors (Lipinski definition) is 2. The van der Waals surface area contributed by atoms with Crippen LogP contribution >= 0.6 is 11.3 Å². The Balaban J connectivity index is 1.45. The molecule has 1 amide bonds. The van der Waals surface area contributed by atoms with E-state index in [4.69, 9.17) is 0 Å². The van der Waals surface area contributed by atoms with Gasteiger partial charge in [0, 0.05) is 28.9 Å². The summed E-state index contributed by atoms with van der Waals surface area (Å²) in [7, 11) is 0. The van der Waals surface area contributed by atoms with E-state index in [0.29, 0.717) is 11.4 Å². The number of nitrogens with one attached hydrogen (secondary N) is 2. The van der Waals surface area contributed by atoms with E-state index in [1.54, 1.807) is 36.7 Å². The Morgan fingerprint density at radius 3 is 2.22 bits per heavy atom. The van der Waals surface area contributed by atoms with E-state index in [1.165, 1.54) is 11.3 Å². The molecule has 0 fully saturated rings. The predicted molar refractivity (Wildman–Crippen MR) is 107 cm³/mol. The van der Waals surface area contributed by atoms with Crippen LogP contribution in [0.2, 0.25) is 0 Å². The third-order valence-electron chi connectivity index (χ3n) is 3.75. The van der Waals surface area contributed by atoms with Crippen molar-refractivity contribution in [3.63, 3.8) is 0 Å². The van der Waals surface area contributed by atoms with E-state index in [2.05, 4.69) is 25.6 Å². The topological polar surface area (TPSA) is 79.8 Å². The first-order valence-electron chi connectivity index (χ1n) is 8.24. The van der Waals surface area contributed by atoms with Gasteiger partial charge in [0.15, 0.2) is 5.13 Å². The SMILES string of the molecule is O=C(Nc1ccccn1)c1ccc(-c2csc(Nc3ccccn3)n2)cc1. The van der Waals surface area contributed by atoms with E-state index < -0.39 is 0 Å². The van der Waals surface area contributed by atoms with Crippen LogP contribution in [0, 0.1) is 0 Å². The molecule has 2 N–H and O–H groups in total. The largest absolute Gasteiger partial charge is 0.316 e. The Morgan fingerprint density at radius 1 is 0.852 bits per heavy atom. The fourth-order valence-corrected chi connectivity index (χ4v) is 3.15. The minimum Gasteiger partial charge on any atom is -0.316 e. The Hall–Kier alpha value is -3.58. The molecule has 27 heavy (non-hydrogen) atoms. The van der Waals surface area contributed by atoms with Gasteiger partial charge in [0.05, 0.1) is 5.69 Å². The number of thiazole rings is 1. The average Bonchev–Trinajstić information content (AvgIpc) is 3.18. The number of benzene rings is 1. The Morgan fingerprint density at radius 2 is 1.56 bits per heavy atom. The summed E-state index contributed by atoms with van der Waals surface area (Å²) in [6.07, 6.45) is 3.36. The third-order valence-corrected chi connectivity index (χ3v) is 4.51. The summed E-state index contributed by atoms with van der Waals surface area (Å²) in [5, 5.41) is 8.68. The maximum Gasteiger partial charge on any atom is 0.256 e. The van der Waals surface area contributed by atoms with Crippen LogP contribution < -0.4 is 10.6 Å². The van der Waals surface area contributed by atoms with Crippen LogP contribution in [-0.4, -0.2) is 20.9 Å². The monoisotopic (exact) mass is 373 g/mol. The summed E-state index contributed by atoms with van der Waals surface area (Å²) in [6, 6.07) is 18.4. The molecule has 0 spiro atoms. The van der Waals surface area contributed by atoms with Gasteiger partial charge < -0.3 is 10.6 Å². The van der Waals surface area contributed by atoms with Crippen molar-refractivity contribution in [2.75, 3.05) is 10.6 Å². The summed E-state index contributed by atoms with van der Waals surface area (Å²) >= 11 is 1.50. The van der Waals surface area contributed by atoms with Crippen LogP contribution in [0.4, 0.5) is 16.8 Å². The van der Waals surface area contributed by atoms with Gasteiger partial charge in [0.2, 0.25) is 0 Å². The minimum absolute atomic E-state index is 0.198. The lowest BCUT2D eigenvalue weighted by molar-refractivity contribution is 0.102. The molecule has 1 aromatic carbocycles. The molecule has 4 aromatic rings. The Kier molecular flexibility index (Phi) is 4.84. The predicted octanol–water partition coefficient (Wildman–Crippen LogP) is 4.60. The molecule has 0 atom stereocenters. The van der Waals surface area contributed by atoms with Gasteiger partial charge in [-0.05, 0) is 36.4 Å². The zero-order chi connectivity index (χ0) is 18.5. The van der Waals surface area contributed by atoms with E-state index in [-0.39, 0.29) is 5.91 Å². The van der Waals surface area contributed by atoms with Crippen molar-refractivity contribution in [2.45, 2.75) is 0 Å². The second kappa shape index (κ2) is 7.76. The zero-order valence-electron chi connectivity index (χ0n) is 14.2.